The van der Waals surface area contributed by atoms with Crippen LogP contribution >= 0.6 is 23.2 Å². The lowest BCUT2D eigenvalue weighted by molar-refractivity contribution is 0.252. The summed E-state index contributed by atoms with van der Waals surface area (Å²) < 4.78 is 22.7. The van der Waals surface area contributed by atoms with Crippen molar-refractivity contribution in [2.45, 2.75) is 4.90 Å². The fraction of sp³-hybridized carbons (Fsp3) is 0.0667. The van der Waals surface area contributed by atoms with Crippen LogP contribution < -0.4 is 10.7 Å². The Morgan fingerprint density at radius 2 is 1.79 bits per heavy atom. The first kappa shape index (κ1) is 18.3. The molecule has 2 aromatic carbocycles. The van der Waals surface area contributed by atoms with Gasteiger partial charge in [0.2, 0.25) is 0 Å². The third-order valence-corrected chi connectivity index (χ3v) is 4.56. The van der Waals surface area contributed by atoms with Gasteiger partial charge >= 0.3 is 6.03 Å². The lowest BCUT2D eigenvalue weighted by atomic mass is 10.2. The van der Waals surface area contributed by atoms with Gasteiger partial charge in [-0.15, -0.1) is 0 Å². The van der Waals surface area contributed by atoms with E-state index >= 15 is 0 Å². The van der Waals surface area contributed by atoms with Crippen LogP contribution in [0.3, 0.4) is 0 Å². The Balaban J connectivity index is 1.94. The van der Waals surface area contributed by atoms with Crippen molar-refractivity contribution in [3.05, 3.63) is 58.1 Å². The minimum atomic E-state index is -3.27. The van der Waals surface area contributed by atoms with Crippen LogP contribution in [0.5, 0.6) is 0 Å². The minimum Gasteiger partial charge on any atom is -0.307 e. The molecule has 0 radical (unpaired) electrons. The van der Waals surface area contributed by atoms with Crippen LogP contribution in [-0.2, 0) is 9.84 Å². The molecule has 0 aliphatic carbocycles. The van der Waals surface area contributed by atoms with Crippen LogP contribution in [0.25, 0.3) is 0 Å². The van der Waals surface area contributed by atoms with Crippen LogP contribution in [0, 0.1) is 0 Å². The minimum absolute atomic E-state index is 0.170. The zero-order valence-corrected chi connectivity index (χ0v) is 14.8. The van der Waals surface area contributed by atoms with Crippen molar-refractivity contribution in [1.29, 1.82) is 0 Å². The van der Waals surface area contributed by atoms with Crippen molar-refractivity contribution < 1.29 is 13.2 Å². The summed E-state index contributed by atoms with van der Waals surface area (Å²) in [5.41, 5.74) is 3.30. The van der Waals surface area contributed by atoms with E-state index in [9.17, 15) is 13.2 Å². The molecular formula is C15H13Cl2N3O3S. The van der Waals surface area contributed by atoms with Crippen LogP contribution in [-0.4, -0.2) is 26.9 Å². The van der Waals surface area contributed by atoms with Gasteiger partial charge in [0.05, 0.1) is 16.1 Å². The number of hydrogen-bond acceptors (Lipinski definition) is 4. The quantitative estimate of drug-likeness (QED) is 0.622. The molecule has 6 nitrogen and oxygen atoms in total. The van der Waals surface area contributed by atoms with Crippen molar-refractivity contribution in [3.8, 4) is 0 Å². The van der Waals surface area contributed by atoms with Crippen LogP contribution in [0.1, 0.15) is 5.56 Å². The average molecular weight is 386 g/mol. The average Bonchev–Trinajstić information content (AvgIpc) is 2.49. The predicted octanol–water partition coefficient (Wildman–Crippen LogP) is 3.55. The molecule has 0 fully saturated rings. The van der Waals surface area contributed by atoms with Gasteiger partial charge in [-0.2, -0.15) is 5.10 Å². The standard InChI is InChI=1S/C15H13Cl2N3O3S/c1-24(22,23)13-6-4-12(5-7-13)19-15(21)20-18-9-10-2-3-11(16)8-14(10)17/h2-9H,1H3,(H2,19,20,21)/b18-9-. The number of benzene rings is 2. The molecule has 0 saturated carbocycles. The summed E-state index contributed by atoms with van der Waals surface area (Å²) >= 11 is 11.8. The Hall–Kier alpha value is -2.09. The zero-order chi connectivity index (χ0) is 17.7. The number of sulfone groups is 1. The number of rotatable bonds is 4. The molecule has 0 spiro atoms. The van der Waals surface area contributed by atoms with Crippen LogP contribution in [0.15, 0.2) is 52.5 Å². The Morgan fingerprint density at radius 1 is 1.12 bits per heavy atom. The molecule has 24 heavy (non-hydrogen) atoms. The van der Waals surface area contributed by atoms with Gasteiger partial charge in [0.25, 0.3) is 0 Å². The van der Waals surface area contributed by atoms with Crippen LogP contribution in [0.4, 0.5) is 10.5 Å². The Labute approximate surface area is 149 Å². The molecule has 126 valence electrons. The summed E-state index contributed by atoms with van der Waals surface area (Å²) in [5, 5.41) is 7.20. The smallest absolute Gasteiger partial charge is 0.307 e. The maximum Gasteiger partial charge on any atom is 0.339 e. The predicted molar refractivity (Wildman–Crippen MR) is 95.8 cm³/mol. The van der Waals surface area contributed by atoms with Crippen molar-refractivity contribution in [1.82, 2.24) is 5.43 Å². The molecular weight excluding hydrogens is 373 g/mol. The second kappa shape index (κ2) is 7.65. The molecule has 2 N–H and O–H groups in total. The molecule has 0 heterocycles. The Kier molecular flexibility index (Phi) is 5.82. The molecule has 0 aliphatic rings. The molecule has 0 aromatic heterocycles. The zero-order valence-electron chi connectivity index (χ0n) is 12.5. The SMILES string of the molecule is CS(=O)(=O)c1ccc(NC(=O)N/N=C\c2ccc(Cl)cc2Cl)cc1. The highest BCUT2D eigenvalue weighted by Crippen LogP contribution is 2.19. The molecule has 0 aliphatic heterocycles. The summed E-state index contributed by atoms with van der Waals surface area (Å²) in [4.78, 5) is 11.9. The Bertz CT molecular complexity index is 881. The summed E-state index contributed by atoms with van der Waals surface area (Å²) in [6, 6.07) is 10.1. The molecule has 2 rings (SSSR count). The molecule has 0 unspecified atom stereocenters. The number of nitrogens with one attached hydrogen (secondary N) is 2. The van der Waals surface area contributed by atoms with E-state index in [0.717, 1.165) is 6.26 Å². The number of hydrazone groups is 1. The molecule has 0 saturated heterocycles. The van der Waals surface area contributed by atoms with E-state index in [2.05, 4.69) is 15.8 Å². The molecule has 0 atom stereocenters. The fourth-order valence-corrected chi connectivity index (χ4v) is 2.80. The van der Waals surface area contributed by atoms with E-state index < -0.39 is 15.9 Å². The number of amides is 2. The summed E-state index contributed by atoms with van der Waals surface area (Å²) in [6.07, 6.45) is 2.49. The molecule has 0 bridgehead atoms. The monoisotopic (exact) mass is 385 g/mol. The number of nitrogens with zero attached hydrogens (tertiary/aromatic N) is 1. The van der Waals surface area contributed by atoms with Gasteiger partial charge in [-0.25, -0.2) is 18.6 Å². The van der Waals surface area contributed by atoms with E-state index in [1.165, 1.54) is 30.5 Å². The topological polar surface area (TPSA) is 87.6 Å². The van der Waals surface area contributed by atoms with Crippen LogP contribution in [0.2, 0.25) is 10.0 Å². The second-order valence-electron chi connectivity index (χ2n) is 4.79. The third kappa shape index (κ3) is 5.23. The number of urea groups is 1. The molecule has 9 heteroatoms. The highest BCUT2D eigenvalue weighted by Gasteiger charge is 2.07. The first-order valence-corrected chi connectivity index (χ1v) is 9.26. The van der Waals surface area contributed by atoms with Crippen molar-refractivity contribution in [3.63, 3.8) is 0 Å². The lowest BCUT2D eigenvalue weighted by Gasteiger charge is -2.05. The van der Waals surface area contributed by atoms with Crippen molar-refractivity contribution in [2.75, 3.05) is 11.6 Å². The van der Waals surface area contributed by atoms with Gasteiger partial charge in [0, 0.05) is 22.5 Å². The fourth-order valence-electron chi connectivity index (χ4n) is 1.71. The second-order valence-corrected chi connectivity index (χ2v) is 7.65. The van der Waals surface area contributed by atoms with Gasteiger partial charge < -0.3 is 5.32 Å². The maximum absolute atomic E-state index is 11.7. The number of anilines is 1. The highest BCUT2D eigenvalue weighted by atomic mass is 35.5. The first-order chi connectivity index (χ1) is 11.3. The molecule has 2 amide bonds. The van der Waals surface area contributed by atoms with Gasteiger partial charge in [-0.3, -0.25) is 0 Å². The highest BCUT2D eigenvalue weighted by molar-refractivity contribution is 7.90. The maximum atomic E-state index is 11.7. The lowest BCUT2D eigenvalue weighted by Crippen LogP contribution is -2.24. The van der Waals surface area contributed by atoms with E-state index in [-0.39, 0.29) is 4.90 Å². The first-order valence-electron chi connectivity index (χ1n) is 6.61. The van der Waals surface area contributed by atoms with Gasteiger partial charge in [-0.05, 0) is 36.4 Å². The largest absolute Gasteiger partial charge is 0.339 e. The number of carbonyl (C=O) groups is 1. The summed E-state index contributed by atoms with van der Waals surface area (Å²) in [6.45, 7) is 0. The third-order valence-electron chi connectivity index (χ3n) is 2.87. The van der Waals surface area contributed by atoms with E-state index in [1.807, 2.05) is 0 Å². The van der Waals surface area contributed by atoms with E-state index in [4.69, 9.17) is 23.2 Å². The van der Waals surface area contributed by atoms with Gasteiger partial charge in [0.15, 0.2) is 9.84 Å². The van der Waals surface area contributed by atoms with Crippen molar-refractivity contribution >= 4 is 51.0 Å². The normalized spacial score (nSPS) is 11.5. The summed E-state index contributed by atoms with van der Waals surface area (Å²) in [7, 11) is -3.27. The van der Waals surface area contributed by atoms with E-state index in [0.29, 0.717) is 21.3 Å². The molecule has 2 aromatic rings. The number of halogens is 2. The Morgan fingerprint density at radius 3 is 2.38 bits per heavy atom. The number of carbonyl (C=O) groups excluding carboxylic acids is 1. The number of hydrogen-bond donors (Lipinski definition) is 2. The van der Waals surface area contributed by atoms with E-state index in [1.54, 1.807) is 18.2 Å². The van der Waals surface area contributed by atoms with Gasteiger partial charge in [0.1, 0.15) is 0 Å². The summed E-state index contributed by atoms with van der Waals surface area (Å²) in [5.74, 6) is 0. The van der Waals surface area contributed by atoms with Crippen molar-refractivity contribution in [2.24, 2.45) is 5.10 Å². The van der Waals surface area contributed by atoms with Gasteiger partial charge in [-0.1, -0.05) is 29.3 Å².